The molecule has 4 nitrogen and oxygen atoms in total. The molecule has 0 spiro atoms. The predicted octanol–water partition coefficient (Wildman–Crippen LogP) is 0.719. The average molecular weight is 144 g/mol. The largest absolute Gasteiger partial charge is 0.516 e. The number of carbonyl (C=O) groups is 1. The molecule has 0 aliphatic rings. The molecule has 0 atom stereocenters. The van der Waals surface area contributed by atoms with Gasteiger partial charge in [0.15, 0.2) is 0 Å². The Morgan fingerprint density at radius 3 is 2.90 bits per heavy atom. The molecule has 1 N–H and O–H groups in total. The Bertz CT molecular complexity index is 139. The van der Waals surface area contributed by atoms with Crippen LogP contribution in [0.4, 0.5) is 0 Å². The second-order valence-electron chi connectivity index (χ2n) is 1.28. The quantitative estimate of drug-likeness (QED) is 0.207. The molecule has 0 aromatic heterocycles. The molecule has 0 amide bonds. The van der Waals surface area contributed by atoms with Crippen molar-refractivity contribution >= 4 is 5.97 Å². The second-order valence-corrected chi connectivity index (χ2v) is 1.28. The molecule has 0 aliphatic carbocycles. The van der Waals surface area contributed by atoms with E-state index in [0.717, 1.165) is 12.3 Å². The summed E-state index contributed by atoms with van der Waals surface area (Å²) in [5, 5.41) is 8.07. The van der Waals surface area contributed by atoms with Gasteiger partial charge in [0.05, 0.1) is 6.26 Å². The van der Waals surface area contributed by atoms with E-state index in [0.29, 0.717) is 0 Å². The Balaban J connectivity index is 3.19. The first kappa shape index (κ1) is 8.71. The summed E-state index contributed by atoms with van der Waals surface area (Å²) in [5.41, 5.74) is 0. The molecular weight excluding hydrogens is 136 g/mol. The zero-order valence-corrected chi connectivity index (χ0v) is 5.32. The van der Waals surface area contributed by atoms with Crippen molar-refractivity contribution < 1.29 is 19.7 Å². The van der Waals surface area contributed by atoms with Crippen LogP contribution in [0.15, 0.2) is 25.0 Å². The molecular formula is C6H8O4. The van der Waals surface area contributed by atoms with Gasteiger partial charge < -0.3 is 5.11 Å². The monoisotopic (exact) mass is 144 g/mol. The maximum atomic E-state index is 10.2. The van der Waals surface area contributed by atoms with Gasteiger partial charge in [-0.05, 0) is 6.08 Å². The molecule has 0 saturated carbocycles. The summed E-state index contributed by atoms with van der Waals surface area (Å²) in [4.78, 5) is 18.6. The third-order valence-electron chi connectivity index (χ3n) is 0.577. The van der Waals surface area contributed by atoms with E-state index in [1.165, 1.54) is 6.08 Å². The van der Waals surface area contributed by atoms with Gasteiger partial charge in [-0.1, -0.05) is 6.58 Å². The van der Waals surface area contributed by atoms with E-state index in [4.69, 9.17) is 5.11 Å². The van der Waals surface area contributed by atoms with Crippen LogP contribution in [0.5, 0.6) is 0 Å². The van der Waals surface area contributed by atoms with Crippen LogP contribution in [0.25, 0.3) is 0 Å². The van der Waals surface area contributed by atoms with Gasteiger partial charge in [0.2, 0.25) is 0 Å². The van der Waals surface area contributed by atoms with E-state index in [-0.39, 0.29) is 6.61 Å². The number of aliphatic hydroxyl groups excluding tert-OH is 1. The standard InChI is InChI=1S/C6H8O4/c1-2-6(8)10-9-5-3-4-7/h2-4,7H,1,5H2. The van der Waals surface area contributed by atoms with Gasteiger partial charge in [-0.25, -0.2) is 4.79 Å². The smallest absolute Gasteiger partial charge is 0.365 e. The van der Waals surface area contributed by atoms with Crippen LogP contribution in [0.2, 0.25) is 0 Å². The molecule has 0 aliphatic heterocycles. The summed E-state index contributed by atoms with van der Waals surface area (Å²) in [6.45, 7) is 3.16. The highest BCUT2D eigenvalue weighted by Crippen LogP contribution is 1.81. The highest BCUT2D eigenvalue weighted by Gasteiger charge is 1.92. The molecule has 56 valence electrons. The summed E-state index contributed by atoms with van der Waals surface area (Å²) in [6, 6.07) is 0. The van der Waals surface area contributed by atoms with Crippen LogP contribution in [0.3, 0.4) is 0 Å². The van der Waals surface area contributed by atoms with Gasteiger partial charge in [-0.3, -0.25) is 4.89 Å². The number of rotatable bonds is 4. The zero-order valence-electron chi connectivity index (χ0n) is 5.32. The number of carbonyl (C=O) groups excluding carboxylic acids is 1. The predicted molar refractivity (Wildman–Crippen MR) is 34.0 cm³/mol. The van der Waals surface area contributed by atoms with Gasteiger partial charge in [0.1, 0.15) is 6.61 Å². The summed E-state index contributed by atoms with van der Waals surface area (Å²) in [5.74, 6) is -0.661. The van der Waals surface area contributed by atoms with E-state index in [9.17, 15) is 4.79 Å². The lowest BCUT2D eigenvalue weighted by molar-refractivity contribution is -0.260. The fourth-order valence-electron chi connectivity index (χ4n) is 0.208. The minimum Gasteiger partial charge on any atom is -0.516 e. The number of hydrogen-bond acceptors (Lipinski definition) is 4. The van der Waals surface area contributed by atoms with Crippen molar-refractivity contribution in [1.82, 2.24) is 0 Å². The maximum absolute atomic E-state index is 10.2. The SMILES string of the molecule is C=CC(=O)OOCC=CO. The first-order valence-electron chi connectivity index (χ1n) is 2.56. The van der Waals surface area contributed by atoms with Crippen molar-refractivity contribution in [3.63, 3.8) is 0 Å². The highest BCUT2D eigenvalue weighted by atomic mass is 17.2. The van der Waals surface area contributed by atoms with E-state index < -0.39 is 5.97 Å². The minimum atomic E-state index is -0.661. The fraction of sp³-hybridized carbons (Fsp3) is 0.167. The van der Waals surface area contributed by atoms with Crippen molar-refractivity contribution in [2.45, 2.75) is 0 Å². The Labute approximate surface area is 58.3 Å². The molecule has 0 heterocycles. The van der Waals surface area contributed by atoms with E-state index in [1.54, 1.807) is 0 Å². The Morgan fingerprint density at radius 1 is 1.70 bits per heavy atom. The topological polar surface area (TPSA) is 55.8 Å². The van der Waals surface area contributed by atoms with Crippen molar-refractivity contribution in [3.8, 4) is 0 Å². The van der Waals surface area contributed by atoms with E-state index in [2.05, 4.69) is 16.4 Å². The van der Waals surface area contributed by atoms with Crippen LogP contribution >= 0.6 is 0 Å². The first-order chi connectivity index (χ1) is 4.81. The van der Waals surface area contributed by atoms with Crippen LogP contribution in [-0.4, -0.2) is 17.7 Å². The Morgan fingerprint density at radius 2 is 2.40 bits per heavy atom. The van der Waals surface area contributed by atoms with Gasteiger partial charge in [-0.2, -0.15) is 4.89 Å². The number of hydrogen-bond donors (Lipinski definition) is 1. The van der Waals surface area contributed by atoms with Gasteiger partial charge in [0, 0.05) is 6.08 Å². The third-order valence-corrected chi connectivity index (χ3v) is 0.577. The van der Waals surface area contributed by atoms with Crippen molar-refractivity contribution in [1.29, 1.82) is 0 Å². The Kier molecular flexibility index (Phi) is 5.09. The molecule has 0 saturated heterocycles. The van der Waals surface area contributed by atoms with Crippen molar-refractivity contribution in [2.75, 3.05) is 6.61 Å². The molecule has 0 rings (SSSR count). The third kappa shape index (κ3) is 4.86. The van der Waals surface area contributed by atoms with E-state index in [1.807, 2.05) is 0 Å². The summed E-state index contributed by atoms with van der Waals surface area (Å²) in [7, 11) is 0. The average Bonchev–Trinajstić information content (AvgIpc) is 1.98. The zero-order chi connectivity index (χ0) is 7.82. The molecule has 0 bridgehead atoms. The molecule has 0 unspecified atom stereocenters. The lowest BCUT2D eigenvalue weighted by Gasteiger charge is -1.94. The normalized spacial score (nSPS) is 9.60. The summed E-state index contributed by atoms with van der Waals surface area (Å²) >= 11 is 0. The molecule has 0 aromatic rings. The lowest BCUT2D eigenvalue weighted by Crippen LogP contribution is -2.01. The minimum absolute atomic E-state index is 0.0239. The number of aliphatic hydroxyl groups is 1. The molecule has 0 aromatic carbocycles. The highest BCUT2D eigenvalue weighted by molar-refractivity contribution is 5.80. The van der Waals surface area contributed by atoms with Crippen molar-refractivity contribution in [3.05, 3.63) is 25.0 Å². The second kappa shape index (κ2) is 5.84. The molecule has 0 fully saturated rings. The van der Waals surface area contributed by atoms with Crippen LogP contribution in [-0.2, 0) is 14.6 Å². The lowest BCUT2D eigenvalue weighted by atomic mass is 10.7. The maximum Gasteiger partial charge on any atom is 0.365 e. The van der Waals surface area contributed by atoms with E-state index >= 15 is 0 Å². The van der Waals surface area contributed by atoms with Gasteiger partial charge in [-0.15, -0.1) is 0 Å². The molecule has 0 radical (unpaired) electrons. The van der Waals surface area contributed by atoms with Crippen LogP contribution < -0.4 is 0 Å². The summed E-state index contributed by atoms with van der Waals surface area (Å²) < 4.78 is 0. The summed E-state index contributed by atoms with van der Waals surface area (Å²) in [6.07, 6.45) is 3.04. The van der Waals surface area contributed by atoms with Gasteiger partial charge >= 0.3 is 5.97 Å². The van der Waals surface area contributed by atoms with Crippen LogP contribution in [0.1, 0.15) is 0 Å². The van der Waals surface area contributed by atoms with Gasteiger partial charge in [0.25, 0.3) is 0 Å². The molecule has 4 heteroatoms. The fourth-order valence-corrected chi connectivity index (χ4v) is 0.208. The first-order valence-corrected chi connectivity index (χ1v) is 2.56. The van der Waals surface area contributed by atoms with Crippen LogP contribution in [0, 0.1) is 0 Å². The Hall–Kier alpha value is -1.29. The molecule has 10 heavy (non-hydrogen) atoms. The van der Waals surface area contributed by atoms with Crippen molar-refractivity contribution in [2.24, 2.45) is 0 Å².